The maximum Gasteiger partial charge on any atom is 0.473 e. The molecule has 17 heteroatoms. The van der Waals surface area contributed by atoms with Crippen LogP contribution in [0.5, 0.6) is 5.75 Å². The van der Waals surface area contributed by atoms with Crippen molar-refractivity contribution in [3.63, 3.8) is 0 Å². The van der Waals surface area contributed by atoms with Crippen LogP contribution in [0.1, 0.15) is 52.8 Å². The standard InChI is InChI=1S/C31H34F3NO13/c1-46-17-4-2-3-13-21(17)27(43)24-23(25(13)41)26(42)14-7-11(8-19(39)40)20(18-6-5-15(37)16(38)9-12(36)10-47-18)29(22(14)28(24)44)48-35-30(45)31(32,33)34/h2-4,11-12,15-16,18,20,22,28-29,36-38,42,44H,5-10H2,1H3,(H,35,45)(H,39,40)/t11?,12-,15+,16-,18+,20?,22?,28?,29?/m1/s1. The van der Waals surface area contributed by atoms with Gasteiger partial charge in [-0.1, -0.05) is 12.1 Å². The SMILES string of the molecule is COc1cccc2c1C(=O)C1=C(C2=O)C(O)=C2CC(CC(=O)O)C([C@@H]3CC[C@H](O)[C@H](O)C[C@@H](O)CO3)C(ONC(=O)C(F)(F)F)C2C1O. The summed E-state index contributed by atoms with van der Waals surface area (Å²) in [5.74, 6) is -10.7. The second-order valence-corrected chi connectivity index (χ2v) is 12.3. The van der Waals surface area contributed by atoms with Crippen molar-refractivity contribution < 1.29 is 77.3 Å². The van der Waals surface area contributed by atoms with Crippen molar-refractivity contribution in [2.75, 3.05) is 13.7 Å². The molecule has 5 rings (SSSR count). The van der Waals surface area contributed by atoms with Crippen LogP contribution >= 0.6 is 0 Å². The zero-order chi connectivity index (χ0) is 35.2. The monoisotopic (exact) mass is 685 g/mol. The molecule has 0 aromatic heterocycles. The van der Waals surface area contributed by atoms with Gasteiger partial charge in [0.1, 0.15) is 17.6 Å². The maximum atomic E-state index is 13.9. The van der Waals surface area contributed by atoms with Crippen LogP contribution in [0.25, 0.3) is 0 Å². The smallest absolute Gasteiger partial charge is 0.473 e. The van der Waals surface area contributed by atoms with Gasteiger partial charge in [0.25, 0.3) is 0 Å². The zero-order valence-electron chi connectivity index (χ0n) is 25.3. The molecule has 7 N–H and O–H groups in total. The normalized spacial score (nSPS) is 32.7. The Kier molecular flexibility index (Phi) is 10.0. The van der Waals surface area contributed by atoms with E-state index in [1.165, 1.54) is 30.8 Å². The van der Waals surface area contributed by atoms with E-state index in [0.29, 0.717) is 0 Å². The van der Waals surface area contributed by atoms with Crippen LogP contribution < -0.4 is 10.2 Å². The third kappa shape index (κ3) is 6.45. The minimum Gasteiger partial charge on any atom is -0.507 e. The Morgan fingerprint density at radius 2 is 1.77 bits per heavy atom. The van der Waals surface area contributed by atoms with Crippen molar-refractivity contribution in [1.82, 2.24) is 5.48 Å². The van der Waals surface area contributed by atoms with E-state index < -0.39 is 114 Å². The van der Waals surface area contributed by atoms with Crippen molar-refractivity contribution in [2.24, 2.45) is 17.8 Å². The number of carbonyl (C=O) groups is 4. The first-order chi connectivity index (χ1) is 22.6. The number of aliphatic hydroxyl groups is 5. The maximum absolute atomic E-state index is 13.9. The van der Waals surface area contributed by atoms with Crippen LogP contribution in [-0.2, 0) is 19.2 Å². The van der Waals surface area contributed by atoms with E-state index in [-0.39, 0.29) is 48.1 Å². The van der Waals surface area contributed by atoms with Crippen molar-refractivity contribution >= 4 is 23.4 Å². The van der Waals surface area contributed by atoms with Crippen molar-refractivity contribution in [1.29, 1.82) is 0 Å². The molecule has 0 spiro atoms. The van der Waals surface area contributed by atoms with Crippen LogP contribution in [0.4, 0.5) is 13.2 Å². The van der Waals surface area contributed by atoms with Crippen molar-refractivity contribution in [3.8, 4) is 5.75 Å². The molecule has 1 saturated carbocycles. The number of allylic oxidation sites excluding steroid dienone is 1. The molecule has 1 aromatic carbocycles. The number of hydrogen-bond acceptors (Lipinski definition) is 12. The number of hydroxylamine groups is 1. The number of amides is 1. The predicted molar refractivity (Wildman–Crippen MR) is 152 cm³/mol. The van der Waals surface area contributed by atoms with E-state index in [1.54, 1.807) is 0 Å². The third-order valence-electron chi connectivity index (χ3n) is 9.42. The summed E-state index contributed by atoms with van der Waals surface area (Å²) in [4.78, 5) is 57.0. The lowest BCUT2D eigenvalue weighted by Gasteiger charge is -2.49. The summed E-state index contributed by atoms with van der Waals surface area (Å²) < 4.78 is 51.0. The first-order valence-corrected chi connectivity index (χ1v) is 15.1. The van der Waals surface area contributed by atoms with Crippen LogP contribution in [0.2, 0.25) is 0 Å². The first kappa shape index (κ1) is 35.4. The third-order valence-corrected chi connectivity index (χ3v) is 9.42. The lowest BCUT2D eigenvalue weighted by atomic mass is 9.59. The quantitative estimate of drug-likeness (QED) is 0.207. The van der Waals surface area contributed by atoms with Gasteiger partial charge in [0.2, 0.25) is 0 Å². The molecule has 14 nitrogen and oxygen atoms in total. The highest BCUT2D eigenvalue weighted by molar-refractivity contribution is 6.29. The Hall–Kier alpha value is -3.87. The highest BCUT2D eigenvalue weighted by atomic mass is 19.4. The van der Waals surface area contributed by atoms with Gasteiger partial charge in [-0.05, 0) is 36.8 Å². The molecule has 5 unspecified atom stereocenters. The summed E-state index contributed by atoms with van der Waals surface area (Å²) >= 11 is 0. The first-order valence-electron chi connectivity index (χ1n) is 15.1. The van der Waals surface area contributed by atoms with Crippen LogP contribution in [0.15, 0.2) is 40.7 Å². The average molecular weight is 686 g/mol. The molecular weight excluding hydrogens is 651 g/mol. The number of fused-ring (bicyclic) bond motifs is 2. The number of benzene rings is 1. The van der Waals surface area contributed by atoms with Gasteiger partial charge >= 0.3 is 18.1 Å². The number of methoxy groups -OCH3 is 1. The number of hydrogen-bond donors (Lipinski definition) is 7. The molecule has 262 valence electrons. The number of aliphatic carboxylic acids is 1. The number of rotatable bonds is 6. The molecule has 48 heavy (non-hydrogen) atoms. The van der Waals surface area contributed by atoms with E-state index in [0.717, 1.165) is 0 Å². The number of aliphatic hydroxyl groups excluding tert-OH is 5. The van der Waals surface area contributed by atoms with E-state index >= 15 is 0 Å². The Labute approximate surface area is 270 Å². The second-order valence-electron chi connectivity index (χ2n) is 12.3. The van der Waals surface area contributed by atoms with Gasteiger partial charge in [-0.15, -0.1) is 0 Å². The number of ether oxygens (including phenoxy) is 2. The summed E-state index contributed by atoms with van der Waals surface area (Å²) in [5.41, 5.74) is -0.508. The Morgan fingerprint density at radius 1 is 1.06 bits per heavy atom. The molecule has 1 amide bonds. The van der Waals surface area contributed by atoms with Gasteiger partial charge in [-0.25, -0.2) is 5.48 Å². The van der Waals surface area contributed by atoms with E-state index in [9.17, 15) is 63.0 Å². The number of nitrogens with one attached hydrogen (secondary N) is 1. The fourth-order valence-corrected chi connectivity index (χ4v) is 7.30. The topological polar surface area (TPSA) is 229 Å². The van der Waals surface area contributed by atoms with E-state index in [4.69, 9.17) is 14.3 Å². The molecule has 1 saturated heterocycles. The molecule has 2 fully saturated rings. The van der Waals surface area contributed by atoms with Crippen LogP contribution in [0.3, 0.4) is 0 Å². The summed E-state index contributed by atoms with van der Waals surface area (Å²) in [6, 6.07) is 4.10. The number of halogens is 3. The molecule has 0 radical (unpaired) electrons. The Balaban J connectivity index is 1.66. The van der Waals surface area contributed by atoms with Crippen molar-refractivity contribution in [3.05, 3.63) is 51.8 Å². The number of carbonyl (C=O) groups excluding carboxylic acids is 3. The molecule has 1 heterocycles. The van der Waals surface area contributed by atoms with Crippen LogP contribution in [0, 0.1) is 17.8 Å². The largest absolute Gasteiger partial charge is 0.507 e. The number of alkyl halides is 3. The van der Waals surface area contributed by atoms with E-state index in [1.807, 2.05) is 0 Å². The van der Waals surface area contributed by atoms with Gasteiger partial charge < -0.3 is 40.1 Å². The van der Waals surface area contributed by atoms with Crippen molar-refractivity contribution in [2.45, 2.75) is 74.9 Å². The molecule has 3 aliphatic carbocycles. The summed E-state index contributed by atoms with van der Waals surface area (Å²) in [7, 11) is 1.23. The Morgan fingerprint density at radius 3 is 2.42 bits per heavy atom. The average Bonchev–Trinajstić information content (AvgIpc) is 3.08. The number of carboxylic acids is 1. The van der Waals surface area contributed by atoms with Gasteiger partial charge in [-0.3, -0.25) is 24.0 Å². The molecule has 0 bridgehead atoms. The number of Topliss-reactive ketones (excluding diaryl/α,β-unsaturated/α-hetero) is 2. The lowest BCUT2D eigenvalue weighted by Crippen LogP contribution is -2.57. The fraction of sp³-hybridized carbons (Fsp3) is 0.548. The second kappa shape index (κ2) is 13.6. The number of ketones is 2. The molecule has 9 atom stereocenters. The molecule has 4 aliphatic rings. The highest BCUT2D eigenvalue weighted by Gasteiger charge is 2.57. The predicted octanol–water partition coefficient (Wildman–Crippen LogP) is 0.915. The van der Waals surface area contributed by atoms with Gasteiger partial charge in [0.05, 0.1) is 55.4 Å². The molecule has 1 aliphatic heterocycles. The minimum absolute atomic E-state index is 0.0366. The minimum atomic E-state index is -5.45. The lowest BCUT2D eigenvalue weighted by molar-refractivity contribution is -0.205. The summed E-state index contributed by atoms with van der Waals surface area (Å²) in [6.45, 7) is -0.466. The highest BCUT2D eigenvalue weighted by Crippen LogP contribution is 2.52. The number of carboxylic acid groups (broad SMARTS) is 1. The fourth-order valence-electron chi connectivity index (χ4n) is 7.30. The summed E-state index contributed by atoms with van der Waals surface area (Å²) in [5, 5.41) is 64.3. The summed E-state index contributed by atoms with van der Waals surface area (Å²) in [6.07, 6.45) is -16.4. The van der Waals surface area contributed by atoms with Gasteiger partial charge in [0.15, 0.2) is 11.6 Å². The van der Waals surface area contributed by atoms with Crippen LogP contribution in [-0.4, -0.2) is 111 Å². The zero-order valence-corrected chi connectivity index (χ0v) is 25.3. The Bertz CT molecular complexity index is 1560. The van der Waals surface area contributed by atoms with E-state index in [2.05, 4.69) is 0 Å². The van der Waals surface area contributed by atoms with Gasteiger partial charge in [0, 0.05) is 35.8 Å². The molecule has 1 aromatic rings. The van der Waals surface area contributed by atoms with Gasteiger partial charge in [-0.2, -0.15) is 13.2 Å². The molecular formula is C31H34F3NO13.